The van der Waals surface area contributed by atoms with Crippen molar-refractivity contribution in [2.75, 3.05) is 13.2 Å². The molecule has 0 aliphatic heterocycles. The van der Waals surface area contributed by atoms with E-state index in [9.17, 15) is 19.5 Å². The number of hydrogen-bond acceptors (Lipinski definition) is 5. The summed E-state index contributed by atoms with van der Waals surface area (Å²) in [5.41, 5.74) is 1.90. The Morgan fingerprint density at radius 2 is 1.74 bits per heavy atom. The van der Waals surface area contributed by atoms with Crippen LogP contribution in [0.3, 0.4) is 0 Å². The van der Waals surface area contributed by atoms with Crippen LogP contribution < -0.4 is 10.6 Å². The number of rotatable bonds is 12. The van der Waals surface area contributed by atoms with Gasteiger partial charge in [0.05, 0.1) is 6.61 Å². The minimum atomic E-state index is -1.24. The predicted octanol–water partition coefficient (Wildman–Crippen LogP) is 4.16. The van der Waals surface area contributed by atoms with Gasteiger partial charge in [-0.25, -0.2) is 4.79 Å². The van der Waals surface area contributed by atoms with E-state index < -0.39 is 36.3 Å². The van der Waals surface area contributed by atoms with Gasteiger partial charge in [0.25, 0.3) is 0 Å². The Hall–Kier alpha value is -2.61. The number of aryl methyl sites for hydroxylation is 1. The van der Waals surface area contributed by atoms with E-state index in [-0.39, 0.29) is 11.9 Å². The molecule has 0 fully saturated rings. The summed E-state index contributed by atoms with van der Waals surface area (Å²) in [5.74, 6) is -0.811. The van der Waals surface area contributed by atoms with E-state index >= 15 is 0 Å². The van der Waals surface area contributed by atoms with E-state index in [0.717, 1.165) is 36.0 Å². The molecule has 35 heavy (non-hydrogen) atoms. The number of carbonyl (C=O) groups excluding carboxylic acids is 3. The quantitative estimate of drug-likeness (QED) is 0.407. The molecule has 1 aromatic rings. The Kier molecular flexibility index (Phi) is 12.2. The van der Waals surface area contributed by atoms with Gasteiger partial charge in [0.1, 0.15) is 17.7 Å². The molecule has 3 unspecified atom stereocenters. The summed E-state index contributed by atoms with van der Waals surface area (Å²) in [6, 6.07) is 3.50. The largest absolute Gasteiger partial charge is 0.444 e. The molecule has 0 saturated carbocycles. The average molecular weight is 492 g/mol. The summed E-state index contributed by atoms with van der Waals surface area (Å²) in [4.78, 5) is 41.2. The second-order valence-corrected chi connectivity index (χ2v) is 10.2. The van der Waals surface area contributed by atoms with Gasteiger partial charge >= 0.3 is 6.09 Å². The van der Waals surface area contributed by atoms with Gasteiger partial charge in [-0.1, -0.05) is 44.9 Å². The van der Waals surface area contributed by atoms with Crippen LogP contribution in [0.4, 0.5) is 4.79 Å². The zero-order valence-corrected chi connectivity index (χ0v) is 22.7. The number of benzene rings is 1. The van der Waals surface area contributed by atoms with Gasteiger partial charge in [0.15, 0.2) is 0 Å². The van der Waals surface area contributed by atoms with Crippen LogP contribution in [0.2, 0.25) is 0 Å². The lowest BCUT2D eigenvalue weighted by Gasteiger charge is -2.35. The normalized spacial score (nSPS) is 14.0. The third kappa shape index (κ3) is 9.51. The van der Waals surface area contributed by atoms with E-state index in [4.69, 9.17) is 4.74 Å². The molecule has 0 spiro atoms. The van der Waals surface area contributed by atoms with Gasteiger partial charge in [0, 0.05) is 12.6 Å². The van der Waals surface area contributed by atoms with Crippen molar-refractivity contribution in [1.82, 2.24) is 15.5 Å². The number of ether oxygens (including phenoxy) is 1. The molecule has 8 heteroatoms. The maximum Gasteiger partial charge on any atom is 0.408 e. The van der Waals surface area contributed by atoms with Gasteiger partial charge in [-0.15, -0.1) is 0 Å². The first kappa shape index (κ1) is 30.4. The highest BCUT2D eigenvalue weighted by molar-refractivity contribution is 5.92. The summed E-state index contributed by atoms with van der Waals surface area (Å²) in [6.45, 7) is 14.7. The maximum absolute atomic E-state index is 13.7. The standard InChI is InChI=1S/C27H45N3O5/c1-9-11-16-30(25(33)22(17-31)29-26(34)35-27(6,7)8)23(24(32)28-19(4)13-10-2)21-15-12-14-18(3)20(21)5/h12,14-15,19,22-23,31H,9-11,13,16-17H2,1-8H3,(H,28,32)(H,29,34). The molecule has 8 nitrogen and oxygen atoms in total. The van der Waals surface area contributed by atoms with E-state index in [2.05, 4.69) is 17.6 Å². The number of hydrogen-bond donors (Lipinski definition) is 3. The Balaban J connectivity index is 3.46. The Labute approximate surface area is 210 Å². The summed E-state index contributed by atoms with van der Waals surface area (Å²) in [7, 11) is 0. The third-order valence-corrected chi connectivity index (χ3v) is 5.82. The predicted molar refractivity (Wildman–Crippen MR) is 138 cm³/mol. The van der Waals surface area contributed by atoms with Crippen molar-refractivity contribution in [3.63, 3.8) is 0 Å². The van der Waals surface area contributed by atoms with Crippen LogP contribution in [-0.4, -0.2) is 58.8 Å². The highest BCUT2D eigenvalue weighted by Gasteiger charge is 2.37. The van der Waals surface area contributed by atoms with Gasteiger partial charge in [0.2, 0.25) is 11.8 Å². The van der Waals surface area contributed by atoms with Crippen molar-refractivity contribution in [2.45, 2.75) is 105 Å². The lowest BCUT2D eigenvalue weighted by Crippen LogP contribution is -2.55. The Morgan fingerprint density at radius 3 is 2.29 bits per heavy atom. The van der Waals surface area contributed by atoms with Crippen LogP contribution in [0.1, 0.15) is 90.0 Å². The van der Waals surface area contributed by atoms with Crippen molar-refractivity contribution >= 4 is 17.9 Å². The highest BCUT2D eigenvalue weighted by Crippen LogP contribution is 2.28. The van der Waals surface area contributed by atoms with Gasteiger partial charge in [-0.2, -0.15) is 0 Å². The van der Waals surface area contributed by atoms with E-state index in [1.807, 2.05) is 45.9 Å². The SMILES string of the molecule is CCCCN(C(=O)C(CO)NC(=O)OC(C)(C)C)C(C(=O)NC(C)CCC)c1cccc(C)c1C. The van der Waals surface area contributed by atoms with Gasteiger partial charge in [-0.3, -0.25) is 9.59 Å². The molecule has 0 heterocycles. The topological polar surface area (TPSA) is 108 Å². The molecular formula is C27H45N3O5. The van der Waals surface area contributed by atoms with Crippen molar-refractivity contribution in [3.05, 3.63) is 34.9 Å². The van der Waals surface area contributed by atoms with Gasteiger partial charge in [-0.05, 0) is 71.1 Å². The van der Waals surface area contributed by atoms with Crippen LogP contribution >= 0.6 is 0 Å². The highest BCUT2D eigenvalue weighted by atomic mass is 16.6. The number of aliphatic hydroxyl groups is 1. The molecule has 0 bridgehead atoms. The number of nitrogens with zero attached hydrogens (tertiary/aromatic N) is 1. The number of carbonyl (C=O) groups is 3. The maximum atomic E-state index is 13.7. The molecule has 0 aliphatic carbocycles. The van der Waals surface area contributed by atoms with Crippen LogP contribution in [-0.2, 0) is 14.3 Å². The second-order valence-electron chi connectivity index (χ2n) is 10.2. The Morgan fingerprint density at radius 1 is 1.09 bits per heavy atom. The van der Waals surface area contributed by atoms with Crippen molar-refractivity contribution in [1.29, 1.82) is 0 Å². The fourth-order valence-corrected chi connectivity index (χ4v) is 3.88. The smallest absolute Gasteiger partial charge is 0.408 e. The molecule has 3 atom stereocenters. The number of unbranched alkanes of at least 4 members (excludes halogenated alkanes) is 1. The fraction of sp³-hybridized carbons (Fsp3) is 0.667. The third-order valence-electron chi connectivity index (χ3n) is 5.82. The van der Waals surface area contributed by atoms with Crippen molar-refractivity contribution in [3.8, 4) is 0 Å². The summed E-state index contributed by atoms with van der Waals surface area (Å²) < 4.78 is 5.28. The monoisotopic (exact) mass is 491 g/mol. The zero-order chi connectivity index (χ0) is 26.8. The van der Waals surface area contributed by atoms with Crippen molar-refractivity contribution < 1.29 is 24.2 Å². The first-order chi connectivity index (χ1) is 16.4. The number of nitrogens with one attached hydrogen (secondary N) is 2. The number of aliphatic hydroxyl groups excluding tert-OH is 1. The molecule has 0 aromatic heterocycles. The van der Waals surface area contributed by atoms with Crippen LogP contribution in [0.25, 0.3) is 0 Å². The number of alkyl carbamates (subject to hydrolysis) is 1. The Bertz CT molecular complexity index is 850. The number of amides is 3. The molecule has 0 radical (unpaired) electrons. The molecule has 3 N–H and O–H groups in total. The molecule has 3 amide bonds. The fourth-order valence-electron chi connectivity index (χ4n) is 3.88. The van der Waals surface area contributed by atoms with E-state index in [0.29, 0.717) is 13.0 Å². The lowest BCUT2D eigenvalue weighted by molar-refractivity contribution is -0.143. The second kappa shape index (κ2) is 14.1. The summed E-state index contributed by atoms with van der Waals surface area (Å²) in [5, 5.41) is 15.5. The first-order valence-electron chi connectivity index (χ1n) is 12.6. The van der Waals surface area contributed by atoms with Crippen LogP contribution in [0.5, 0.6) is 0 Å². The lowest BCUT2D eigenvalue weighted by atomic mass is 9.94. The van der Waals surface area contributed by atoms with Crippen LogP contribution in [0.15, 0.2) is 18.2 Å². The zero-order valence-electron chi connectivity index (χ0n) is 22.7. The average Bonchev–Trinajstić information content (AvgIpc) is 2.75. The van der Waals surface area contributed by atoms with Gasteiger partial charge < -0.3 is 25.4 Å². The minimum absolute atomic E-state index is 0.0585. The van der Waals surface area contributed by atoms with E-state index in [1.54, 1.807) is 20.8 Å². The molecule has 1 aromatic carbocycles. The molecular weight excluding hydrogens is 446 g/mol. The molecule has 1 rings (SSSR count). The molecule has 198 valence electrons. The summed E-state index contributed by atoms with van der Waals surface area (Å²) >= 11 is 0. The van der Waals surface area contributed by atoms with Crippen LogP contribution in [0, 0.1) is 13.8 Å². The minimum Gasteiger partial charge on any atom is -0.444 e. The first-order valence-corrected chi connectivity index (χ1v) is 12.6. The van der Waals surface area contributed by atoms with E-state index in [1.165, 1.54) is 4.90 Å². The molecule has 0 aliphatic rings. The summed E-state index contributed by atoms with van der Waals surface area (Å²) in [6.07, 6.45) is 2.40. The molecule has 0 saturated heterocycles. The van der Waals surface area contributed by atoms with Crippen molar-refractivity contribution in [2.24, 2.45) is 0 Å².